The fourth-order valence-electron chi connectivity index (χ4n) is 3.89. The van der Waals surface area contributed by atoms with Crippen molar-refractivity contribution in [3.8, 4) is 0 Å². The minimum atomic E-state index is 1.14. The van der Waals surface area contributed by atoms with E-state index in [1.54, 1.807) is 9.80 Å². The summed E-state index contributed by atoms with van der Waals surface area (Å²) in [6.07, 6.45) is 4.33. The molecule has 0 bridgehead atoms. The summed E-state index contributed by atoms with van der Waals surface area (Å²) >= 11 is 1.81. The number of para-hydroxylation sites is 1. The number of piperazine rings is 1. The molecule has 0 spiro atoms. The van der Waals surface area contributed by atoms with Gasteiger partial charge in [-0.25, -0.2) is 0 Å². The zero-order valence-corrected chi connectivity index (χ0v) is 15.7. The molecule has 1 fully saturated rings. The van der Waals surface area contributed by atoms with Gasteiger partial charge in [-0.1, -0.05) is 30.3 Å². The zero-order valence-electron chi connectivity index (χ0n) is 14.8. The van der Waals surface area contributed by atoms with Crippen LogP contribution in [-0.4, -0.2) is 37.4 Å². The van der Waals surface area contributed by atoms with Crippen LogP contribution in [-0.2, 0) is 13.1 Å². The molecule has 2 aromatic carbocycles. The van der Waals surface area contributed by atoms with Gasteiger partial charge in [-0.3, -0.25) is 0 Å². The Balaban J connectivity index is 1.32. The number of quaternary nitrogens is 2. The second-order valence-corrected chi connectivity index (χ2v) is 7.94. The van der Waals surface area contributed by atoms with Gasteiger partial charge in [-0.05, 0) is 24.5 Å². The Hall–Kier alpha value is -1.75. The minimum absolute atomic E-state index is 1.14. The lowest BCUT2D eigenvalue weighted by Gasteiger charge is -2.29. The van der Waals surface area contributed by atoms with Crippen LogP contribution in [0.2, 0.25) is 0 Å². The van der Waals surface area contributed by atoms with E-state index < -0.39 is 0 Å². The molecule has 1 aliphatic rings. The number of hydrogen-bond donors (Lipinski definition) is 3. The molecule has 0 unspecified atom stereocenters. The second-order valence-electron chi connectivity index (χ2n) is 7.06. The third-order valence-electron chi connectivity index (χ3n) is 5.39. The van der Waals surface area contributed by atoms with E-state index in [1.165, 1.54) is 53.1 Å². The number of hydrogen-bond acceptors (Lipinski definition) is 1. The highest BCUT2D eigenvalue weighted by Crippen LogP contribution is 2.16. The molecule has 1 saturated heterocycles. The Labute approximate surface area is 154 Å². The van der Waals surface area contributed by atoms with Crippen LogP contribution in [0.15, 0.2) is 59.6 Å². The maximum atomic E-state index is 3.41. The van der Waals surface area contributed by atoms with Crippen molar-refractivity contribution < 1.29 is 9.80 Å². The molecule has 2 heterocycles. The summed E-state index contributed by atoms with van der Waals surface area (Å²) in [6.45, 7) is 7.36. The number of benzene rings is 2. The summed E-state index contributed by atoms with van der Waals surface area (Å²) in [5, 5.41) is 1.39. The standard InChI is InChI=1S/C21H25N3S/c1-25-19-8-6-17(7-9-19)15-23-10-12-24(13-11-23)16-18-14-22-21-5-3-2-4-20(18)21/h2-9,14,22H,10-13,15-16H2,1H3/p+2. The van der Waals surface area contributed by atoms with Crippen LogP contribution in [0.3, 0.4) is 0 Å². The SMILES string of the molecule is CSc1ccc(C[NH+]2CC[NH+](Cc3c[nH]c4ccccc34)CC2)cc1. The first-order valence-electron chi connectivity index (χ1n) is 9.17. The fraction of sp³-hybridized carbons (Fsp3) is 0.333. The summed E-state index contributed by atoms with van der Waals surface area (Å²) in [7, 11) is 0. The molecule has 1 aromatic heterocycles. The molecule has 0 radical (unpaired) electrons. The van der Waals surface area contributed by atoms with Crippen LogP contribution in [0.4, 0.5) is 0 Å². The molecule has 25 heavy (non-hydrogen) atoms. The van der Waals surface area contributed by atoms with Crippen LogP contribution in [0.25, 0.3) is 10.9 Å². The van der Waals surface area contributed by atoms with Gasteiger partial charge < -0.3 is 14.8 Å². The average molecular weight is 354 g/mol. The van der Waals surface area contributed by atoms with E-state index >= 15 is 0 Å². The molecule has 3 aromatic rings. The number of rotatable bonds is 5. The number of fused-ring (bicyclic) bond motifs is 1. The molecule has 0 amide bonds. The Morgan fingerprint density at radius 2 is 1.56 bits per heavy atom. The molecule has 1 aliphatic heterocycles. The lowest BCUT2D eigenvalue weighted by atomic mass is 10.1. The summed E-state index contributed by atoms with van der Waals surface area (Å²) in [5.41, 5.74) is 4.18. The number of H-pyrrole nitrogens is 1. The number of thioether (sulfide) groups is 1. The molecule has 0 saturated carbocycles. The third-order valence-corrected chi connectivity index (χ3v) is 6.14. The average Bonchev–Trinajstić information content (AvgIpc) is 3.07. The summed E-state index contributed by atoms with van der Waals surface area (Å²) < 4.78 is 0. The van der Waals surface area contributed by atoms with Gasteiger partial charge in [0.15, 0.2) is 0 Å². The first-order valence-corrected chi connectivity index (χ1v) is 10.4. The van der Waals surface area contributed by atoms with Crippen molar-refractivity contribution >= 4 is 22.7 Å². The summed E-state index contributed by atoms with van der Waals surface area (Å²) in [6, 6.07) is 17.7. The van der Waals surface area contributed by atoms with Gasteiger partial charge in [0.1, 0.15) is 39.3 Å². The van der Waals surface area contributed by atoms with Crippen molar-refractivity contribution in [2.75, 3.05) is 32.4 Å². The van der Waals surface area contributed by atoms with E-state index in [0.29, 0.717) is 0 Å². The molecule has 0 atom stereocenters. The van der Waals surface area contributed by atoms with Crippen molar-refractivity contribution in [2.24, 2.45) is 0 Å². The van der Waals surface area contributed by atoms with Gasteiger partial charge in [-0.15, -0.1) is 11.8 Å². The minimum Gasteiger partial charge on any atom is -0.361 e. The van der Waals surface area contributed by atoms with E-state index in [2.05, 4.69) is 66.0 Å². The maximum Gasteiger partial charge on any atom is 0.127 e. The van der Waals surface area contributed by atoms with Crippen LogP contribution >= 0.6 is 11.8 Å². The van der Waals surface area contributed by atoms with Gasteiger partial charge in [0.25, 0.3) is 0 Å². The topological polar surface area (TPSA) is 24.7 Å². The predicted octanol–water partition coefficient (Wildman–Crippen LogP) is 1.37. The molecule has 4 rings (SSSR count). The molecule has 130 valence electrons. The number of aromatic nitrogens is 1. The smallest absolute Gasteiger partial charge is 0.127 e. The Morgan fingerprint density at radius 1 is 0.880 bits per heavy atom. The van der Waals surface area contributed by atoms with E-state index in [0.717, 1.165) is 13.1 Å². The van der Waals surface area contributed by atoms with Crippen molar-refractivity contribution in [3.05, 3.63) is 65.9 Å². The zero-order chi connectivity index (χ0) is 17.1. The predicted molar refractivity (Wildman–Crippen MR) is 105 cm³/mol. The van der Waals surface area contributed by atoms with E-state index in [1.807, 2.05) is 11.8 Å². The lowest BCUT2D eigenvalue weighted by Crippen LogP contribution is -3.27. The highest BCUT2D eigenvalue weighted by molar-refractivity contribution is 7.98. The first-order chi connectivity index (χ1) is 12.3. The molecule has 3 nitrogen and oxygen atoms in total. The number of aromatic amines is 1. The maximum absolute atomic E-state index is 3.41. The highest BCUT2D eigenvalue weighted by Gasteiger charge is 2.23. The van der Waals surface area contributed by atoms with Gasteiger partial charge in [0, 0.05) is 33.1 Å². The Bertz CT molecular complexity index is 817. The second kappa shape index (κ2) is 7.65. The van der Waals surface area contributed by atoms with Crippen LogP contribution in [0.5, 0.6) is 0 Å². The Morgan fingerprint density at radius 3 is 2.28 bits per heavy atom. The molecule has 3 N–H and O–H groups in total. The van der Waals surface area contributed by atoms with Crippen molar-refractivity contribution in [1.82, 2.24) is 4.98 Å². The third kappa shape index (κ3) is 3.92. The van der Waals surface area contributed by atoms with E-state index in [-0.39, 0.29) is 0 Å². The first kappa shape index (κ1) is 16.7. The molecule has 4 heteroatoms. The molecular weight excluding hydrogens is 326 g/mol. The largest absolute Gasteiger partial charge is 0.361 e. The van der Waals surface area contributed by atoms with Gasteiger partial charge in [-0.2, -0.15) is 0 Å². The van der Waals surface area contributed by atoms with Crippen LogP contribution < -0.4 is 9.80 Å². The van der Waals surface area contributed by atoms with E-state index in [4.69, 9.17) is 0 Å². The molecular formula is C21H27N3S+2. The van der Waals surface area contributed by atoms with Gasteiger partial charge in [0.05, 0.1) is 0 Å². The monoisotopic (exact) mass is 353 g/mol. The summed E-state index contributed by atoms with van der Waals surface area (Å²) in [5.74, 6) is 0. The molecule has 0 aliphatic carbocycles. The van der Waals surface area contributed by atoms with Crippen LogP contribution in [0.1, 0.15) is 11.1 Å². The van der Waals surface area contributed by atoms with Crippen molar-refractivity contribution in [3.63, 3.8) is 0 Å². The number of nitrogens with one attached hydrogen (secondary N) is 3. The normalized spacial score (nSPS) is 20.8. The quantitative estimate of drug-likeness (QED) is 0.593. The van der Waals surface area contributed by atoms with Crippen LogP contribution in [0, 0.1) is 0 Å². The van der Waals surface area contributed by atoms with E-state index in [9.17, 15) is 0 Å². The Kier molecular flexibility index (Phi) is 5.11. The van der Waals surface area contributed by atoms with Gasteiger partial charge in [0.2, 0.25) is 0 Å². The van der Waals surface area contributed by atoms with Gasteiger partial charge >= 0.3 is 0 Å². The van der Waals surface area contributed by atoms with Crippen molar-refractivity contribution in [2.45, 2.75) is 18.0 Å². The summed E-state index contributed by atoms with van der Waals surface area (Å²) in [4.78, 5) is 8.20. The van der Waals surface area contributed by atoms with Crippen molar-refractivity contribution in [1.29, 1.82) is 0 Å². The fourth-order valence-corrected chi connectivity index (χ4v) is 4.30. The highest BCUT2D eigenvalue weighted by atomic mass is 32.2. The lowest BCUT2D eigenvalue weighted by molar-refractivity contribution is -1.02.